The minimum absolute atomic E-state index is 0.321. The predicted octanol–water partition coefficient (Wildman–Crippen LogP) is 2.58. The lowest BCUT2D eigenvalue weighted by atomic mass is 9.95. The summed E-state index contributed by atoms with van der Waals surface area (Å²) in [5, 5.41) is 1.90. The van der Waals surface area contributed by atoms with E-state index in [0.717, 1.165) is 6.54 Å². The molecule has 0 aliphatic heterocycles. The molecule has 0 radical (unpaired) electrons. The molecule has 0 unspecified atom stereocenters. The van der Waals surface area contributed by atoms with Crippen molar-refractivity contribution in [3.63, 3.8) is 0 Å². The van der Waals surface area contributed by atoms with Gasteiger partial charge in [-0.1, -0.05) is 51.1 Å². The predicted molar refractivity (Wildman–Crippen MR) is 60.6 cm³/mol. The van der Waals surface area contributed by atoms with Crippen LogP contribution in [0.2, 0.25) is 0 Å². The largest absolute Gasteiger partial charge is 0.268 e. The van der Waals surface area contributed by atoms with Gasteiger partial charge in [-0.05, 0) is 11.5 Å². The molecule has 2 heteroatoms. The Morgan fingerprint density at radius 1 is 1.21 bits per heavy atom. The van der Waals surface area contributed by atoms with Crippen molar-refractivity contribution in [2.24, 2.45) is 11.8 Å². The van der Waals surface area contributed by atoms with Crippen LogP contribution in [0.1, 0.15) is 32.4 Å². The van der Waals surface area contributed by atoms with Crippen LogP contribution in [-0.4, -0.2) is 11.6 Å². The van der Waals surface area contributed by atoms with Gasteiger partial charge in [0.1, 0.15) is 0 Å². The van der Waals surface area contributed by atoms with E-state index in [1.54, 1.807) is 0 Å². The molecule has 1 rings (SSSR count). The van der Waals surface area contributed by atoms with E-state index in [0.29, 0.717) is 12.0 Å². The molecule has 0 heterocycles. The zero-order valence-electron chi connectivity index (χ0n) is 9.27. The minimum atomic E-state index is 0.321. The molecule has 0 spiro atoms. The lowest BCUT2D eigenvalue weighted by Crippen LogP contribution is -2.37. The molecule has 2 N–H and O–H groups in total. The first-order valence-electron chi connectivity index (χ1n) is 5.23. The SMILES string of the molecule is CCN(N)[C@H](c1ccccc1)C(C)C. The van der Waals surface area contributed by atoms with Crippen molar-refractivity contribution in [1.82, 2.24) is 5.01 Å². The van der Waals surface area contributed by atoms with Gasteiger partial charge in [-0.2, -0.15) is 0 Å². The maximum atomic E-state index is 5.98. The van der Waals surface area contributed by atoms with Crippen molar-refractivity contribution >= 4 is 0 Å². The van der Waals surface area contributed by atoms with Crippen molar-refractivity contribution in [2.75, 3.05) is 6.54 Å². The highest BCUT2D eigenvalue weighted by Gasteiger charge is 2.19. The first kappa shape index (κ1) is 11.2. The summed E-state index contributed by atoms with van der Waals surface area (Å²) in [5.74, 6) is 6.51. The summed E-state index contributed by atoms with van der Waals surface area (Å²) < 4.78 is 0. The second-order valence-corrected chi connectivity index (χ2v) is 3.93. The molecular formula is C12H20N2. The number of nitrogens with two attached hydrogens (primary N) is 1. The maximum absolute atomic E-state index is 5.98. The first-order chi connectivity index (χ1) is 6.66. The van der Waals surface area contributed by atoms with E-state index in [1.807, 2.05) is 11.1 Å². The van der Waals surface area contributed by atoms with E-state index in [1.165, 1.54) is 5.56 Å². The zero-order valence-corrected chi connectivity index (χ0v) is 9.27. The first-order valence-corrected chi connectivity index (χ1v) is 5.23. The number of hydrazine groups is 1. The van der Waals surface area contributed by atoms with Crippen LogP contribution in [0.25, 0.3) is 0 Å². The molecule has 0 aliphatic rings. The normalized spacial score (nSPS) is 13.6. The van der Waals surface area contributed by atoms with E-state index in [9.17, 15) is 0 Å². The lowest BCUT2D eigenvalue weighted by Gasteiger charge is -2.30. The van der Waals surface area contributed by atoms with E-state index in [-0.39, 0.29) is 0 Å². The third-order valence-electron chi connectivity index (χ3n) is 2.50. The van der Waals surface area contributed by atoms with Crippen molar-refractivity contribution in [1.29, 1.82) is 0 Å². The fraction of sp³-hybridized carbons (Fsp3) is 0.500. The molecule has 0 saturated heterocycles. The fourth-order valence-electron chi connectivity index (χ4n) is 1.81. The Morgan fingerprint density at radius 3 is 2.21 bits per heavy atom. The van der Waals surface area contributed by atoms with Gasteiger partial charge < -0.3 is 0 Å². The second kappa shape index (κ2) is 5.13. The molecule has 0 fully saturated rings. The summed E-state index contributed by atoms with van der Waals surface area (Å²) in [5.41, 5.74) is 1.30. The van der Waals surface area contributed by atoms with E-state index < -0.39 is 0 Å². The molecule has 1 atom stereocenters. The minimum Gasteiger partial charge on any atom is -0.268 e. The molecular weight excluding hydrogens is 172 g/mol. The summed E-state index contributed by atoms with van der Waals surface area (Å²) in [6.07, 6.45) is 0. The molecule has 0 amide bonds. The average Bonchev–Trinajstić information content (AvgIpc) is 2.19. The maximum Gasteiger partial charge on any atom is 0.0513 e. The van der Waals surface area contributed by atoms with Gasteiger partial charge in [-0.25, -0.2) is 5.01 Å². The molecule has 2 nitrogen and oxygen atoms in total. The van der Waals surface area contributed by atoms with E-state index in [4.69, 9.17) is 5.84 Å². The van der Waals surface area contributed by atoms with Gasteiger partial charge in [0.05, 0.1) is 6.04 Å². The number of rotatable bonds is 4. The summed E-state index contributed by atoms with van der Waals surface area (Å²) in [6.45, 7) is 7.36. The van der Waals surface area contributed by atoms with Gasteiger partial charge in [0.25, 0.3) is 0 Å². The van der Waals surface area contributed by atoms with Crippen molar-refractivity contribution < 1.29 is 0 Å². The van der Waals surface area contributed by atoms with Crippen molar-refractivity contribution in [3.8, 4) is 0 Å². The molecule has 0 bridgehead atoms. The zero-order chi connectivity index (χ0) is 10.6. The van der Waals surface area contributed by atoms with Crippen molar-refractivity contribution in [2.45, 2.75) is 26.8 Å². The van der Waals surface area contributed by atoms with Gasteiger partial charge in [-0.3, -0.25) is 5.84 Å². The number of hydrogen-bond acceptors (Lipinski definition) is 2. The van der Waals surface area contributed by atoms with Crippen LogP contribution in [0.3, 0.4) is 0 Å². The van der Waals surface area contributed by atoms with Crippen LogP contribution >= 0.6 is 0 Å². The van der Waals surface area contributed by atoms with Crippen molar-refractivity contribution in [3.05, 3.63) is 35.9 Å². The number of benzene rings is 1. The Kier molecular flexibility index (Phi) is 4.11. The standard InChI is InChI=1S/C12H20N2/c1-4-14(13)12(10(2)3)11-8-6-5-7-9-11/h5-10,12H,4,13H2,1-3H3/t12-/m0/s1. The quantitative estimate of drug-likeness (QED) is 0.587. The van der Waals surface area contributed by atoms with Crippen LogP contribution in [0, 0.1) is 5.92 Å². The summed E-state index contributed by atoms with van der Waals surface area (Å²) >= 11 is 0. The highest BCUT2D eigenvalue weighted by Crippen LogP contribution is 2.25. The Bertz CT molecular complexity index is 256. The molecule has 0 saturated carbocycles. The van der Waals surface area contributed by atoms with Crippen LogP contribution in [0.15, 0.2) is 30.3 Å². The van der Waals surface area contributed by atoms with Gasteiger partial charge >= 0.3 is 0 Å². The third-order valence-corrected chi connectivity index (χ3v) is 2.50. The molecule has 78 valence electrons. The summed E-state index contributed by atoms with van der Waals surface area (Å²) in [6, 6.07) is 10.8. The highest BCUT2D eigenvalue weighted by atomic mass is 15.4. The molecule has 0 aromatic heterocycles. The highest BCUT2D eigenvalue weighted by molar-refractivity contribution is 5.19. The Balaban J connectivity index is 2.89. The molecule has 1 aromatic rings. The topological polar surface area (TPSA) is 29.3 Å². The average molecular weight is 192 g/mol. The third kappa shape index (κ3) is 2.56. The van der Waals surface area contributed by atoms with E-state index in [2.05, 4.69) is 45.0 Å². The summed E-state index contributed by atoms with van der Waals surface area (Å²) in [4.78, 5) is 0. The van der Waals surface area contributed by atoms with Crippen LogP contribution in [-0.2, 0) is 0 Å². The Labute approximate surface area is 86.7 Å². The second-order valence-electron chi connectivity index (χ2n) is 3.93. The fourth-order valence-corrected chi connectivity index (χ4v) is 1.81. The van der Waals surface area contributed by atoms with Crippen LogP contribution in [0.5, 0.6) is 0 Å². The Hall–Kier alpha value is -0.860. The lowest BCUT2D eigenvalue weighted by molar-refractivity contribution is 0.166. The summed E-state index contributed by atoms with van der Waals surface area (Å²) in [7, 11) is 0. The van der Waals surface area contributed by atoms with Crippen LogP contribution < -0.4 is 5.84 Å². The Morgan fingerprint density at radius 2 is 1.79 bits per heavy atom. The molecule has 14 heavy (non-hydrogen) atoms. The van der Waals surface area contributed by atoms with Gasteiger partial charge in [-0.15, -0.1) is 0 Å². The van der Waals surface area contributed by atoms with Gasteiger partial charge in [0.15, 0.2) is 0 Å². The number of hydrogen-bond donors (Lipinski definition) is 1. The molecule has 1 aromatic carbocycles. The van der Waals surface area contributed by atoms with Gasteiger partial charge in [0, 0.05) is 6.54 Å². The number of nitrogens with zero attached hydrogens (tertiary/aromatic N) is 1. The van der Waals surface area contributed by atoms with Gasteiger partial charge in [0.2, 0.25) is 0 Å². The molecule has 0 aliphatic carbocycles. The van der Waals surface area contributed by atoms with Crippen LogP contribution in [0.4, 0.5) is 0 Å². The monoisotopic (exact) mass is 192 g/mol. The van der Waals surface area contributed by atoms with E-state index >= 15 is 0 Å². The smallest absolute Gasteiger partial charge is 0.0513 e.